The number of hydrogen-bond donors (Lipinski definition) is 1. The van der Waals surface area contributed by atoms with Crippen LogP contribution in [0.3, 0.4) is 0 Å². The minimum atomic E-state index is 0.217. The van der Waals surface area contributed by atoms with Crippen molar-refractivity contribution in [1.82, 2.24) is 4.98 Å². The summed E-state index contributed by atoms with van der Waals surface area (Å²) in [5.74, 6) is 0.661. The molecule has 3 atom stereocenters. The van der Waals surface area contributed by atoms with Crippen molar-refractivity contribution in [2.24, 2.45) is 11.3 Å². The Hall–Kier alpha value is -1.09. The number of pyridine rings is 1. The van der Waals surface area contributed by atoms with E-state index in [1.54, 1.807) is 0 Å². The number of aryl methyl sites for hydroxylation is 1. The van der Waals surface area contributed by atoms with Crippen LogP contribution in [0.25, 0.3) is 0 Å². The van der Waals surface area contributed by atoms with Crippen molar-refractivity contribution in [1.29, 1.82) is 0 Å². The van der Waals surface area contributed by atoms with E-state index in [1.165, 1.54) is 18.4 Å². The Balaban J connectivity index is 1.76. The second-order valence-electron chi connectivity index (χ2n) is 6.29. The second-order valence-corrected chi connectivity index (χ2v) is 6.29. The van der Waals surface area contributed by atoms with Crippen LogP contribution in [-0.2, 0) is 4.74 Å². The largest absolute Gasteiger partial charge is 0.380 e. The second kappa shape index (κ2) is 4.23. The van der Waals surface area contributed by atoms with Gasteiger partial charge in [-0.3, -0.25) is 4.98 Å². The summed E-state index contributed by atoms with van der Waals surface area (Å²) in [5, 5.41) is 3.67. The summed E-state index contributed by atoms with van der Waals surface area (Å²) in [6.45, 7) is 7.63. The highest BCUT2D eigenvalue weighted by Gasteiger charge is 2.57. The van der Waals surface area contributed by atoms with Crippen molar-refractivity contribution in [2.75, 3.05) is 11.9 Å². The first-order valence-corrected chi connectivity index (χ1v) is 6.89. The molecule has 3 heteroatoms. The molecule has 3 nitrogen and oxygen atoms in total. The van der Waals surface area contributed by atoms with Crippen LogP contribution in [0.5, 0.6) is 0 Å². The van der Waals surface area contributed by atoms with Gasteiger partial charge >= 0.3 is 0 Å². The van der Waals surface area contributed by atoms with Crippen molar-refractivity contribution in [3.05, 3.63) is 24.0 Å². The monoisotopic (exact) mass is 246 g/mol. The Morgan fingerprint density at radius 3 is 3.00 bits per heavy atom. The lowest BCUT2D eigenvalue weighted by Crippen LogP contribution is -2.67. The van der Waals surface area contributed by atoms with E-state index in [9.17, 15) is 0 Å². The molecule has 3 rings (SSSR count). The summed E-state index contributed by atoms with van der Waals surface area (Å²) < 4.78 is 5.93. The molecule has 3 unspecified atom stereocenters. The fraction of sp³-hybridized carbons (Fsp3) is 0.667. The highest BCUT2D eigenvalue weighted by molar-refractivity contribution is 5.45. The van der Waals surface area contributed by atoms with E-state index < -0.39 is 0 Å². The van der Waals surface area contributed by atoms with Gasteiger partial charge in [0.15, 0.2) is 0 Å². The zero-order valence-corrected chi connectivity index (χ0v) is 11.4. The number of nitrogens with one attached hydrogen (secondary N) is 1. The van der Waals surface area contributed by atoms with Crippen LogP contribution in [0.15, 0.2) is 18.5 Å². The number of hydrogen-bond acceptors (Lipinski definition) is 3. The van der Waals surface area contributed by atoms with Gasteiger partial charge in [-0.15, -0.1) is 0 Å². The van der Waals surface area contributed by atoms with Gasteiger partial charge in [-0.25, -0.2) is 0 Å². The van der Waals surface area contributed by atoms with Crippen molar-refractivity contribution in [3.8, 4) is 0 Å². The van der Waals surface area contributed by atoms with E-state index >= 15 is 0 Å². The first-order chi connectivity index (χ1) is 8.59. The molecule has 0 amide bonds. The zero-order valence-electron chi connectivity index (χ0n) is 11.4. The van der Waals surface area contributed by atoms with E-state index in [0.29, 0.717) is 18.1 Å². The van der Waals surface area contributed by atoms with Gasteiger partial charge in [-0.1, -0.05) is 13.8 Å². The van der Waals surface area contributed by atoms with Crippen LogP contribution in [0.4, 0.5) is 5.69 Å². The molecule has 0 spiro atoms. The maximum atomic E-state index is 5.93. The normalized spacial score (nSPS) is 33.4. The third-order valence-corrected chi connectivity index (χ3v) is 4.53. The molecular formula is C15H22N2O. The number of aromatic nitrogens is 1. The molecule has 1 aliphatic heterocycles. The Morgan fingerprint density at radius 2 is 2.22 bits per heavy atom. The topological polar surface area (TPSA) is 34.2 Å². The maximum Gasteiger partial charge on any atom is 0.0693 e. The van der Waals surface area contributed by atoms with Crippen molar-refractivity contribution >= 4 is 5.69 Å². The lowest BCUT2D eigenvalue weighted by atomic mass is 9.55. The van der Waals surface area contributed by atoms with Gasteiger partial charge in [0.25, 0.3) is 0 Å². The molecule has 1 aliphatic carbocycles. The third kappa shape index (κ3) is 1.81. The van der Waals surface area contributed by atoms with Crippen molar-refractivity contribution in [2.45, 2.75) is 45.8 Å². The molecule has 0 aromatic carbocycles. The molecule has 1 aromatic rings. The van der Waals surface area contributed by atoms with Crippen LogP contribution < -0.4 is 5.32 Å². The SMILES string of the molecule is Cc1cncc(NC2C3CCCOC3C2(C)C)c1. The van der Waals surface area contributed by atoms with Gasteiger partial charge < -0.3 is 10.1 Å². The molecule has 2 aliphatic rings. The number of ether oxygens (including phenoxy) is 1. The van der Waals surface area contributed by atoms with Crippen LogP contribution in [0.2, 0.25) is 0 Å². The van der Waals surface area contributed by atoms with Crippen LogP contribution in [-0.4, -0.2) is 23.7 Å². The first kappa shape index (κ1) is 12.0. The van der Waals surface area contributed by atoms with Crippen LogP contribution in [0, 0.1) is 18.3 Å². The van der Waals surface area contributed by atoms with E-state index in [0.717, 1.165) is 12.3 Å². The molecule has 2 heterocycles. The van der Waals surface area contributed by atoms with Crippen molar-refractivity contribution < 1.29 is 4.74 Å². The molecule has 0 bridgehead atoms. The predicted molar refractivity (Wildman–Crippen MR) is 72.6 cm³/mol. The molecule has 1 saturated carbocycles. The summed E-state index contributed by atoms with van der Waals surface area (Å²) in [4.78, 5) is 4.25. The Labute approximate surface area is 109 Å². The predicted octanol–water partition coefficient (Wildman–Crippen LogP) is 3.01. The van der Waals surface area contributed by atoms with Gasteiger partial charge in [0, 0.05) is 36.4 Å². The standard InChI is InChI=1S/C15H22N2O/c1-10-7-11(9-16-8-10)17-13-12-5-4-6-18-14(12)15(13,2)3/h7-9,12-14,17H,4-6H2,1-3H3. The van der Waals surface area contributed by atoms with Gasteiger partial charge in [-0.05, 0) is 31.4 Å². The Morgan fingerprint density at radius 1 is 1.39 bits per heavy atom. The minimum absolute atomic E-state index is 0.217. The molecule has 1 N–H and O–H groups in total. The molecule has 0 radical (unpaired) electrons. The zero-order chi connectivity index (χ0) is 12.8. The van der Waals surface area contributed by atoms with Crippen LogP contribution >= 0.6 is 0 Å². The van der Waals surface area contributed by atoms with E-state index in [-0.39, 0.29) is 5.41 Å². The van der Waals surface area contributed by atoms with Gasteiger partial charge in [0.1, 0.15) is 0 Å². The number of nitrogens with zero attached hydrogens (tertiary/aromatic N) is 1. The molecular weight excluding hydrogens is 224 g/mol. The lowest BCUT2D eigenvalue weighted by Gasteiger charge is -2.60. The smallest absolute Gasteiger partial charge is 0.0693 e. The summed E-state index contributed by atoms with van der Waals surface area (Å²) in [6, 6.07) is 2.67. The number of anilines is 1. The molecule has 18 heavy (non-hydrogen) atoms. The summed E-state index contributed by atoms with van der Waals surface area (Å²) in [6.07, 6.45) is 6.72. The summed E-state index contributed by atoms with van der Waals surface area (Å²) in [7, 11) is 0. The quantitative estimate of drug-likeness (QED) is 0.871. The van der Waals surface area contributed by atoms with E-state index in [4.69, 9.17) is 4.74 Å². The van der Waals surface area contributed by atoms with Crippen molar-refractivity contribution in [3.63, 3.8) is 0 Å². The fourth-order valence-corrected chi connectivity index (χ4v) is 3.63. The first-order valence-electron chi connectivity index (χ1n) is 6.89. The third-order valence-electron chi connectivity index (χ3n) is 4.53. The molecule has 1 aromatic heterocycles. The number of fused-ring (bicyclic) bond motifs is 1. The Kier molecular flexibility index (Phi) is 2.81. The summed E-state index contributed by atoms with van der Waals surface area (Å²) in [5.41, 5.74) is 2.56. The van der Waals surface area contributed by atoms with Gasteiger partial charge in [-0.2, -0.15) is 0 Å². The summed E-state index contributed by atoms with van der Waals surface area (Å²) >= 11 is 0. The maximum absolute atomic E-state index is 5.93. The minimum Gasteiger partial charge on any atom is -0.380 e. The molecule has 1 saturated heterocycles. The molecule has 2 fully saturated rings. The van der Waals surface area contributed by atoms with E-state index in [2.05, 4.69) is 37.1 Å². The number of rotatable bonds is 2. The average Bonchev–Trinajstić information content (AvgIpc) is 2.36. The highest BCUT2D eigenvalue weighted by Crippen LogP contribution is 2.52. The van der Waals surface area contributed by atoms with Crippen LogP contribution in [0.1, 0.15) is 32.3 Å². The molecule has 98 valence electrons. The Bertz CT molecular complexity index is 444. The van der Waals surface area contributed by atoms with Gasteiger partial charge in [0.05, 0.1) is 11.8 Å². The van der Waals surface area contributed by atoms with Gasteiger partial charge in [0.2, 0.25) is 0 Å². The highest BCUT2D eigenvalue weighted by atomic mass is 16.5. The lowest BCUT2D eigenvalue weighted by molar-refractivity contribution is -0.177. The average molecular weight is 246 g/mol. The fourth-order valence-electron chi connectivity index (χ4n) is 3.63. The van der Waals surface area contributed by atoms with E-state index in [1.807, 2.05) is 12.4 Å².